The van der Waals surface area contributed by atoms with Crippen molar-refractivity contribution in [1.29, 1.82) is 5.26 Å². The molecular formula is C24H17ClI2N2O3. The number of halogens is 3. The molecule has 0 bridgehead atoms. The number of nitrogens with zero attached hydrogens (tertiary/aromatic N) is 1. The Hall–Kier alpha value is -2.29. The third-order valence-corrected chi connectivity index (χ3v) is 6.06. The molecule has 0 aliphatic rings. The molecule has 0 saturated heterocycles. The number of benzene rings is 3. The maximum atomic E-state index is 12.5. The molecule has 0 aromatic heterocycles. The fraction of sp³-hybridized carbons (Fsp3) is 0.0833. The van der Waals surface area contributed by atoms with Gasteiger partial charge in [-0.25, -0.2) is 0 Å². The Bertz CT molecular complexity index is 1200. The normalized spacial score (nSPS) is 10.9. The lowest BCUT2D eigenvalue weighted by Gasteiger charge is -2.14. The standard InChI is InChI=1S/C24H17ClI2N2O3/c1-31-22-11-16(9-17(13-28)24(30)29-20-4-2-3-18(25)12-20)10-21(27)23(22)32-14-15-5-7-19(26)8-6-15/h2-12H,14H2,1H3,(H,29,30)/b17-9+. The number of hydrogen-bond acceptors (Lipinski definition) is 4. The number of rotatable bonds is 7. The number of nitriles is 1. The quantitative estimate of drug-likeness (QED) is 0.173. The van der Waals surface area contributed by atoms with E-state index in [1.165, 1.54) is 6.08 Å². The number of amides is 1. The number of carbonyl (C=O) groups excluding carboxylic acids is 1. The van der Waals surface area contributed by atoms with Crippen LogP contribution in [0.2, 0.25) is 5.02 Å². The van der Waals surface area contributed by atoms with Gasteiger partial charge in [0.05, 0.1) is 10.7 Å². The maximum absolute atomic E-state index is 12.5. The van der Waals surface area contributed by atoms with Crippen LogP contribution in [-0.2, 0) is 11.4 Å². The second-order valence-corrected chi connectivity index (χ2v) is 9.43. The van der Waals surface area contributed by atoms with Crippen molar-refractivity contribution in [2.75, 3.05) is 12.4 Å². The average molecular weight is 671 g/mol. The van der Waals surface area contributed by atoms with Crippen LogP contribution in [-0.4, -0.2) is 13.0 Å². The molecule has 0 aliphatic heterocycles. The summed E-state index contributed by atoms with van der Waals surface area (Å²) < 4.78 is 13.4. The van der Waals surface area contributed by atoms with E-state index in [9.17, 15) is 10.1 Å². The molecule has 3 aromatic carbocycles. The van der Waals surface area contributed by atoms with Crippen molar-refractivity contribution in [2.24, 2.45) is 0 Å². The van der Waals surface area contributed by atoms with Crippen molar-refractivity contribution in [1.82, 2.24) is 0 Å². The zero-order valence-corrected chi connectivity index (χ0v) is 21.9. The molecule has 0 radical (unpaired) electrons. The molecule has 0 atom stereocenters. The molecule has 0 heterocycles. The maximum Gasteiger partial charge on any atom is 0.266 e. The largest absolute Gasteiger partial charge is 0.493 e. The van der Waals surface area contributed by atoms with Gasteiger partial charge in [-0.2, -0.15) is 5.26 Å². The Balaban J connectivity index is 1.81. The van der Waals surface area contributed by atoms with Gasteiger partial charge in [0.1, 0.15) is 18.2 Å². The summed E-state index contributed by atoms with van der Waals surface area (Å²) in [5, 5.41) is 12.7. The van der Waals surface area contributed by atoms with Crippen LogP contribution in [0, 0.1) is 18.5 Å². The van der Waals surface area contributed by atoms with E-state index < -0.39 is 5.91 Å². The van der Waals surface area contributed by atoms with Gasteiger partial charge < -0.3 is 14.8 Å². The van der Waals surface area contributed by atoms with Crippen LogP contribution in [0.15, 0.2) is 66.2 Å². The molecule has 8 heteroatoms. The smallest absolute Gasteiger partial charge is 0.266 e. The number of carbonyl (C=O) groups is 1. The SMILES string of the molecule is COc1cc(/C=C(\C#N)C(=O)Nc2cccc(Cl)c2)cc(I)c1OCc1ccc(I)cc1. The Labute approximate surface area is 218 Å². The predicted molar refractivity (Wildman–Crippen MR) is 143 cm³/mol. The molecule has 5 nitrogen and oxygen atoms in total. The summed E-state index contributed by atoms with van der Waals surface area (Å²) in [5.41, 5.74) is 2.15. The van der Waals surface area contributed by atoms with Crippen LogP contribution in [0.3, 0.4) is 0 Å². The Morgan fingerprint density at radius 2 is 1.91 bits per heavy atom. The predicted octanol–water partition coefficient (Wildman–Crippen LogP) is 6.68. The highest BCUT2D eigenvalue weighted by molar-refractivity contribution is 14.1. The first-order valence-corrected chi connectivity index (χ1v) is 11.9. The van der Waals surface area contributed by atoms with Crippen molar-refractivity contribution in [2.45, 2.75) is 6.61 Å². The van der Waals surface area contributed by atoms with E-state index in [2.05, 4.69) is 50.5 Å². The van der Waals surface area contributed by atoms with Crippen LogP contribution in [0.1, 0.15) is 11.1 Å². The molecule has 0 aliphatic carbocycles. The van der Waals surface area contributed by atoms with E-state index in [1.807, 2.05) is 36.4 Å². The Kier molecular flexibility index (Phi) is 8.78. The van der Waals surface area contributed by atoms with Gasteiger partial charge in [0.2, 0.25) is 0 Å². The molecule has 1 N–H and O–H groups in total. The lowest BCUT2D eigenvalue weighted by atomic mass is 10.1. The molecule has 0 fully saturated rings. The van der Waals surface area contributed by atoms with Gasteiger partial charge >= 0.3 is 0 Å². The van der Waals surface area contributed by atoms with E-state index in [1.54, 1.807) is 37.4 Å². The zero-order chi connectivity index (χ0) is 23.1. The molecule has 162 valence electrons. The van der Waals surface area contributed by atoms with Crippen molar-refractivity contribution >= 4 is 74.5 Å². The third kappa shape index (κ3) is 6.60. The topological polar surface area (TPSA) is 71.3 Å². The summed E-state index contributed by atoms with van der Waals surface area (Å²) >= 11 is 10.4. The molecule has 32 heavy (non-hydrogen) atoms. The lowest BCUT2D eigenvalue weighted by molar-refractivity contribution is -0.112. The molecule has 0 unspecified atom stereocenters. The Morgan fingerprint density at radius 1 is 1.16 bits per heavy atom. The van der Waals surface area contributed by atoms with Gasteiger partial charge in [-0.3, -0.25) is 4.79 Å². The molecule has 0 saturated carbocycles. The summed E-state index contributed by atoms with van der Waals surface area (Å²) in [6.07, 6.45) is 1.51. The van der Waals surface area contributed by atoms with Gasteiger partial charge in [0.15, 0.2) is 11.5 Å². The molecule has 3 rings (SSSR count). The van der Waals surface area contributed by atoms with Gasteiger partial charge in [-0.15, -0.1) is 0 Å². The first-order chi connectivity index (χ1) is 15.4. The first-order valence-electron chi connectivity index (χ1n) is 9.33. The fourth-order valence-corrected chi connectivity index (χ4v) is 4.11. The number of nitrogens with one attached hydrogen (secondary N) is 1. The number of ether oxygens (including phenoxy) is 2. The van der Waals surface area contributed by atoms with Crippen LogP contribution in [0.4, 0.5) is 5.69 Å². The van der Waals surface area contributed by atoms with E-state index >= 15 is 0 Å². The second-order valence-electron chi connectivity index (χ2n) is 6.58. The number of hydrogen-bond donors (Lipinski definition) is 1. The summed E-state index contributed by atoms with van der Waals surface area (Å²) in [7, 11) is 1.55. The van der Waals surface area contributed by atoms with Crippen molar-refractivity contribution in [3.8, 4) is 17.6 Å². The van der Waals surface area contributed by atoms with Gasteiger partial charge in [0.25, 0.3) is 5.91 Å². The van der Waals surface area contributed by atoms with E-state index in [0.717, 1.165) is 12.7 Å². The zero-order valence-electron chi connectivity index (χ0n) is 16.9. The minimum atomic E-state index is -0.525. The summed E-state index contributed by atoms with van der Waals surface area (Å²) in [4.78, 5) is 12.5. The third-order valence-electron chi connectivity index (χ3n) is 4.31. The summed E-state index contributed by atoms with van der Waals surface area (Å²) in [6.45, 7) is 0.393. The highest BCUT2D eigenvalue weighted by Gasteiger charge is 2.14. The molecule has 0 spiro atoms. The number of anilines is 1. The van der Waals surface area contributed by atoms with E-state index in [0.29, 0.717) is 34.4 Å². The van der Waals surface area contributed by atoms with Crippen molar-refractivity contribution in [3.63, 3.8) is 0 Å². The fourth-order valence-electron chi connectivity index (χ4n) is 2.78. The van der Waals surface area contributed by atoms with Gasteiger partial charge in [-0.05, 0) is 105 Å². The van der Waals surface area contributed by atoms with Gasteiger partial charge in [0, 0.05) is 14.3 Å². The minimum Gasteiger partial charge on any atom is -0.493 e. The second kappa shape index (κ2) is 11.5. The molecular weight excluding hydrogens is 654 g/mol. The first kappa shape index (κ1) is 24.4. The summed E-state index contributed by atoms with van der Waals surface area (Å²) in [5.74, 6) is 0.592. The van der Waals surface area contributed by atoms with Crippen LogP contribution >= 0.6 is 56.8 Å². The van der Waals surface area contributed by atoms with E-state index in [4.69, 9.17) is 21.1 Å². The van der Waals surface area contributed by atoms with Crippen LogP contribution in [0.25, 0.3) is 6.08 Å². The molecule has 1 amide bonds. The van der Waals surface area contributed by atoms with E-state index in [-0.39, 0.29) is 5.57 Å². The van der Waals surface area contributed by atoms with Crippen molar-refractivity contribution in [3.05, 3.63) is 89.5 Å². The van der Waals surface area contributed by atoms with Crippen LogP contribution in [0.5, 0.6) is 11.5 Å². The minimum absolute atomic E-state index is 0.0459. The van der Waals surface area contributed by atoms with Crippen LogP contribution < -0.4 is 14.8 Å². The van der Waals surface area contributed by atoms with Gasteiger partial charge in [-0.1, -0.05) is 29.8 Å². The van der Waals surface area contributed by atoms with Crippen molar-refractivity contribution < 1.29 is 14.3 Å². The highest BCUT2D eigenvalue weighted by atomic mass is 127. The highest BCUT2D eigenvalue weighted by Crippen LogP contribution is 2.35. The Morgan fingerprint density at radius 3 is 2.56 bits per heavy atom. The monoisotopic (exact) mass is 670 g/mol. The average Bonchev–Trinajstić information content (AvgIpc) is 2.77. The molecule has 3 aromatic rings. The lowest BCUT2D eigenvalue weighted by Crippen LogP contribution is -2.13. The number of methoxy groups -OCH3 is 1. The summed E-state index contributed by atoms with van der Waals surface area (Å²) in [6, 6.07) is 20.3.